The molecule has 0 amide bonds. The number of benzene rings is 1. The van der Waals surface area contributed by atoms with Gasteiger partial charge in [0.25, 0.3) is 0 Å². The first-order valence-corrected chi connectivity index (χ1v) is 7.77. The number of nitrogens with one attached hydrogen (secondary N) is 2. The van der Waals surface area contributed by atoms with Crippen LogP contribution in [-0.2, 0) is 10.0 Å². The van der Waals surface area contributed by atoms with E-state index in [0.717, 1.165) is 13.0 Å². The number of sulfonamides is 1. The third-order valence-corrected chi connectivity index (χ3v) is 4.53. The maximum Gasteiger partial charge on any atom is 0.240 e. The normalized spacial score (nSPS) is 11.6. The lowest BCUT2D eigenvalue weighted by Crippen LogP contribution is -2.27. The zero-order valence-electron chi connectivity index (χ0n) is 11.3. The van der Waals surface area contributed by atoms with Crippen LogP contribution in [0.1, 0.15) is 12.0 Å². The monoisotopic (exact) mass is 306 g/mol. The SMILES string of the molecule is CNCCCNS(=O)(=O)c1cc(Cl)c(OC)cc1C. The van der Waals surface area contributed by atoms with E-state index in [-0.39, 0.29) is 9.92 Å². The van der Waals surface area contributed by atoms with Gasteiger partial charge in [-0.2, -0.15) is 0 Å². The lowest BCUT2D eigenvalue weighted by molar-refractivity contribution is 0.414. The van der Waals surface area contributed by atoms with Crippen molar-refractivity contribution in [1.29, 1.82) is 0 Å². The van der Waals surface area contributed by atoms with Gasteiger partial charge in [-0.05, 0) is 44.6 Å². The Hall–Kier alpha value is -0.820. The molecule has 0 aliphatic carbocycles. The van der Waals surface area contributed by atoms with Gasteiger partial charge in [0, 0.05) is 6.54 Å². The van der Waals surface area contributed by atoms with Gasteiger partial charge < -0.3 is 10.1 Å². The molecular weight excluding hydrogens is 288 g/mol. The van der Waals surface area contributed by atoms with Crippen LogP contribution >= 0.6 is 11.6 Å². The maximum atomic E-state index is 12.1. The molecule has 0 spiro atoms. The Bertz CT molecular complexity index is 532. The first-order valence-electron chi connectivity index (χ1n) is 5.90. The largest absolute Gasteiger partial charge is 0.495 e. The summed E-state index contributed by atoms with van der Waals surface area (Å²) in [6.45, 7) is 2.85. The summed E-state index contributed by atoms with van der Waals surface area (Å²) in [6, 6.07) is 3.03. The lowest BCUT2D eigenvalue weighted by atomic mass is 10.2. The number of hydrogen-bond donors (Lipinski definition) is 2. The van der Waals surface area contributed by atoms with Gasteiger partial charge in [0.2, 0.25) is 10.0 Å². The molecule has 1 aromatic carbocycles. The molecule has 0 heterocycles. The summed E-state index contributed by atoms with van der Waals surface area (Å²) in [5, 5.41) is 3.24. The zero-order valence-corrected chi connectivity index (χ0v) is 12.9. The minimum absolute atomic E-state index is 0.183. The van der Waals surface area contributed by atoms with E-state index >= 15 is 0 Å². The fourth-order valence-corrected chi connectivity index (χ4v) is 3.26. The summed E-state index contributed by atoms with van der Waals surface area (Å²) in [6.07, 6.45) is 0.721. The average molecular weight is 307 g/mol. The molecule has 0 aliphatic heterocycles. The summed E-state index contributed by atoms with van der Waals surface area (Å²) in [5.74, 6) is 0.466. The van der Waals surface area contributed by atoms with Crippen LogP contribution in [0.25, 0.3) is 0 Å². The Morgan fingerprint density at radius 1 is 1.32 bits per heavy atom. The highest BCUT2D eigenvalue weighted by molar-refractivity contribution is 7.89. The molecule has 0 radical (unpaired) electrons. The highest BCUT2D eigenvalue weighted by Gasteiger charge is 2.18. The van der Waals surface area contributed by atoms with E-state index in [0.29, 0.717) is 17.9 Å². The van der Waals surface area contributed by atoms with E-state index in [1.807, 2.05) is 7.05 Å². The molecule has 0 unspecified atom stereocenters. The molecule has 19 heavy (non-hydrogen) atoms. The Kier molecular flexibility index (Phi) is 6.06. The van der Waals surface area contributed by atoms with Gasteiger partial charge in [0.15, 0.2) is 0 Å². The minimum atomic E-state index is -3.54. The topological polar surface area (TPSA) is 67.4 Å². The Balaban J connectivity index is 2.92. The number of methoxy groups -OCH3 is 1. The van der Waals surface area contributed by atoms with Crippen molar-refractivity contribution in [1.82, 2.24) is 10.0 Å². The van der Waals surface area contributed by atoms with Crippen molar-refractivity contribution in [3.63, 3.8) is 0 Å². The van der Waals surface area contributed by atoms with E-state index < -0.39 is 10.0 Å². The van der Waals surface area contributed by atoms with Crippen molar-refractivity contribution in [2.45, 2.75) is 18.2 Å². The highest BCUT2D eigenvalue weighted by atomic mass is 35.5. The molecule has 0 saturated carbocycles. The van der Waals surface area contributed by atoms with Crippen LogP contribution in [0.15, 0.2) is 17.0 Å². The molecule has 5 nitrogen and oxygen atoms in total. The summed E-state index contributed by atoms with van der Waals surface area (Å²) in [7, 11) is -0.224. The van der Waals surface area contributed by atoms with Crippen LogP contribution in [0.4, 0.5) is 0 Å². The Morgan fingerprint density at radius 3 is 2.58 bits per heavy atom. The smallest absolute Gasteiger partial charge is 0.240 e. The maximum absolute atomic E-state index is 12.1. The fourth-order valence-electron chi connectivity index (χ4n) is 1.63. The summed E-state index contributed by atoms with van der Waals surface area (Å²) in [5.41, 5.74) is 0.599. The van der Waals surface area contributed by atoms with Gasteiger partial charge in [0.1, 0.15) is 5.75 Å². The lowest BCUT2D eigenvalue weighted by Gasteiger charge is -2.12. The van der Waals surface area contributed by atoms with Gasteiger partial charge in [-0.25, -0.2) is 13.1 Å². The van der Waals surface area contributed by atoms with Crippen molar-refractivity contribution < 1.29 is 13.2 Å². The van der Waals surface area contributed by atoms with Gasteiger partial charge >= 0.3 is 0 Å². The van der Waals surface area contributed by atoms with Crippen LogP contribution < -0.4 is 14.8 Å². The molecule has 0 aromatic heterocycles. The zero-order chi connectivity index (χ0) is 14.5. The van der Waals surface area contributed by atoms with Crippen LogP contribution in [0.5, 0.6) is 5.75 Å². The van der Waals surface area contributed by atoms with E-state index in [1.165, 1.54) is 13.2 Å². The summed E-state index contributed by atoms with van der Waals surface area (Å²) in [4.78, 5) is 0.183. The third-order valence-electron chi connectivity index (χ3n) is 2.63. The van der Waals surface area contributed by atoms with Crippen LogP contribution in [0.2, 0.25) is 5.02 Å². The molecule has 0 aliphatic rings. The molecule has 0 bridgehead atoms. The van der Waals surface area contributed by atoms with Gasteiger partial charge in [-0.1, -0.05) is 11.6 Å². The fraction of sp³-hybridized carbons (Fsp3) is 0.500. The Labute approximate surface area is 119 Å². The second-order valence-corrected chi connectivity index (χ2v) is 6.25. The molecule has 0 atom stereocenters. The molecule has 2 N–H and O–H groups in total. The number of aryl methyl sites for hydroxylation is 1. The number of ether oxygens (including phenoxy) is 1. The van der Waals surface area contributed by atoms with Crippen molar-refractivity contribution in [3.8, 4) is 5.75 Å². The first-order chi connectivity index (χ1) is 8.92. The van der Waals surface area contributed by atoms with Crippen LogP contribution in [0, 0.1) is 6.92 Å². The van der Waals surface area contributed by atoms with Crippen molar-refractivity contribution in [2.24, 2.45) is 0 Å². The molecule has 108 valence electrons. The molecular formula is C12H19ClN2O3S. The van der Waals surface area contributed by atoms with E-state index in [4.69, 9.17) is 16.3 Å². The molecule has 1 aromatic rings. The molecule has 0 saturated heterocycles. The van der Waals surface area contributed by atoms with Gasteiger partial charge in [-0.15, -0.1) is 0 Å². The van der Waals surface area contributed by atoms with Gasteiger partial charge in [-0.3, -0.25) is 0 Å². The van der Waals surface area contributed by atoms with Crippen molar-refractivity contribution in [3.05, 3.63) is 22.7 Å². The first kappa shape index (κ1) is 16.2. The minimum Gasteiger partial charge on any atom is -0.495 e. The average Bonchev–Trinajstić information content (AvgIpc) is 2.36. The summed E-state index contributed by atoms with van der Waals surface area (Å²) < 4.78 is 31.9. The quantitative estimate of drug-likeness (QED) is 0.750. The van der Waals surface area contributed by atoms with E-state index in [2.05, 4.69) is 10.0 Å². The second-order valence-electron chi connectivity index (χ2n) is 4.11. The van der Waals surface area contributed by atoms with Crippen molar-refractivity contribution in [2.75, 3.05) is 27.2 Å². The number of rotatable bonds is 7. The van der Waals surface area contributed by atoms with E-state index in [9.17, 15) is 8.42 Å². The van der Waals surface area contributed by atoms with Crippen LogP contribution in [-0.4, -0.2) is 35.7 Å². The molecule has 7 heteroatoms. The predicted octanol–water partition coefficient (Wildman–Crippen LogP) is 1.54. The molecule has 0 fully saturated rings. The van der Waals surface area contributed by atoms with Crippen LogP contribution in [0.3, 0.4) is 0 Å². The highest BCUT2D eigenvalue weighted by Crippen LogP contribution is 2.29. The molecule has 1 rings (SSSR count). The number of hydrogen-bond acceptors (Lipinski definition) is 4. The Morgan fingerprint density at radius 2 is 2.00 bits per heavy atom. The van der Waals surface area contributed by atoms with Gasteiger partial charge in [0.05, 0.1) is 17.0 Å². The third kappa shape index (κ3) is 4.35. The van der Waals surface area contributed by atoms with Crippen molar-refractivity contribution >= 4 is 21.6 Å². The standard InChI is InChI=1S/C12H19ClN2O3S/c1-9-7-11(18-3)10(13)8-12(9)19(16,17)15-6-4-5-14-2/h7-8,14-15H,4-6H2,1-3H3. The number of halogens is 1. The predicted molar refractivity (Wildman–Crippen MR) is 76.5 cm³/mol. The van der Waals surface area contributed by atoms with E-state index in [1.54, 1.807) is 13.0 Å². The second kappa shape index (κ2) is 7.09. The summed E-state index contributed by atoms with van der Waals surface area (Å²) >= 11 is 5.96.